The van der Waals surface area contributed by atoms with Crippen molar-refractivity contribution in [3.63, 3.8) is 0 Å². The van der Waals surface area contributed by atoms with Crippen LogP contribution in [0.15, 0.2) is 10.5 Å². The first-order valence-corrected chi connectivity index (χ1v) is 6.42. The Morgan fingerprint density at radius 1 is 1.37 bits per heavy atom. The summed E-state index contributed by atoms with van der Waals surface area (Å²) >= 11 is 0. The minimum absolute atomic E-state index is 0.0518. The molecule has 1 aromatic rings. The van der Waals surface area contributed by atoms with E-state index in [9.17, 15) is 9.59 Å². The van der Waals surface area contributed by atoms with E-state index in [1.54, 1.807) is 18.9 Å². The molecule has 0 aromatic carbocycles. The topological polar surface area (TPSA) is 70.8 Å². The highest BCUT2D eigenvalue weighted by Gasteiger charge is 2.25. The molecular weight excluding hydrogens is 246 g/mol. The summed E-state index contributed by atoms with van der Waals surface area (Å²) in [6.07, 6.45) is 0.443. The number of carbonyl (C=O) groups is 2. The molecule has 1 aromatic heterocycles. The van der Waals surface area contributed by atoms with Crippen LogP contribution in [0.2, 0.25) is 0 Å². The lowest BCUT2D eigenvalue weighted by atomic mass is 10.1. The van der Waals surface area contributed by atoms with E-state index < -0.39 is 5.97 Å². The third-order valence-corrected chi connectivity index (χ3v) is 3.47. The van der Waals surface area contributed by atoms with E-state index in [-0.39, 0.29) is 23.3 Å². The fourth-order valence-corrected chi connectivity index (χ4v) is 1.78. The molecule has 0 fully saturated rings. The maximum Gasteiger partial charge on any atom is 0.339 e. The normalized spacial score (nSPS) is 12.5. The summed E-state index contributed by atoms with van der Waals surface area (Å²) in [5.41, 5.74) is 0.0662. The zero-order chi connectivity index (χ0) is 14.7. The van der Waals surface area contributed by atoms with Gasteiger partial charge in [-0.2, -0.15) is 0 Å². The third-order valence-electron chi connectivity index (χ3n) is 3.47. The number of furan rings is 1. The van der Waals surface area contributed by atoms with Gasteiger partial charge in [-0.1, -0.05) is 20.8 Å². The Balaban J connectivity index is 3.04. The smallest absolute Gasteiger partial charge is 0.339 e. The van der Waals surface area contributed by atoms with Crippen molar-refractivity contribution >= 4 is 11.9 Å². The average molecular weight is 267 g/mol. The van der Waals surface area contributed by atoms with Crippen LogP contribution < -0.4 is 0 Å². The van der Waals surface area contributed by atoms with Crippen LogP contribution in [-0.4, -0.2) is 35.0 Å². The molecule has 1 unspecified atom stereocenters. The highest BCUT2D eigenvalue weighted by molar-refractivity contribution is 5.96. The molecule has 5 heteroatoms. The van der Waals surface area contributed by atoms with Gasteiger partial charge in [-0.05, 0) is 12.8 Å². The maximum absolute atomic E-state index is 12.2. The van der Waals surface area contributed by atoms with Gasteiger partial charge in [0.25, 0.3) is 5.91 Å². The van der Waals surface area contributed by atoms with Gasteiger partial charge in [0.15, 0.2) is 5.76 Å². The molecule has 19 heavy (non-hydrogen) atoms. The van der Waals surface area contributed by atoms with Crippen LogP contribution in [0, 0.1) is 5.92 Å². The average Bonchev–Trinajstić information content (AvgIpc) is 2.80. The van der Waals surface area contributed by atoms with E-state index in [0.29, 0.717) is 18.1 Å². The molecule has 1 amide bonds. The van der Waals surface area contributed by atoms with Crippen LogP contribution >= 0.6 is 0 Å². The van der Waals surface area contributed by atoms with Crippen LogP contribution in [0.1, 0.15) is 54.4 Å². The van der Waals surface area contributed by atoms with Crippen molar-refractivity contribution in [3.8, 4) is 0 Å². The summed E-state index contributed by atoms with van der Waals surface area (Å²) in [7, 11) is 1.70. The van der Waals surface area contributed by atoms with Crippen LogP contribution in [0.25, 0.3) is 0 Å². The Hall–Kier alpha value is -1.78. The van der Waals surface area contributed by atoms with Gasteiger partial charge >= 0.3 is 5.97 Å². The number of rotatable bonds is 5. The first-order chi connectivity index (χ1) is 8.79. The highest BCUT2D eigenvalue weighted by atomic mass is 16.4. The number of nitrogens with zero attached hydrogens (tertiary/aromatic N) is 1. The van der Waals surface area contributed by atoms with Gasteiger partial charge < -0.3 is 14.4 Å². The second kappa shape index (κ2) is 5.91. The van der Waals surface area contributed by atoms with E-state index in [0.717, 1.165) is 0 Å². The van der Waals surface area contributed by atoms with Crippen molar-refractivity contribution in [1.29, 1.82) is 0 Å². The number of aromatic carboxylic acids is 1. The Morgan fingerprint density at radius 3 is 2.32 bits per heavy atom. The quantitative estimate of drug-likeness (QED) is 0.890. The summed E-state index contributed by atoms with van der Waals surface area (Å²) in [6.45, 7) is 7.79. The fourth-order valence-electron chi connectivity index (χ4n) is 1.78. The molecule has 0 aliphatic heterocycles. The summed E-state index contributed by atoms with van der Waals surface area (Å²) in [4.78, 5) is 24.9. The Bertz CT molecular complexity index is 476. The lowest BCUT2D eigenvalue weighted by molar-refractivity contribution is 0.0669. The molecule has 1 heterocycles. The Morgan fingerprint density at radius 2 is 1.95 bits per heavy atom. The van der Waals surface area contributed by atoms with E-state index in [1.165, 1.54) is 6.07 Å². The molecule has 0 spiro atoms. The Kier molecular flexibility index (Phi) is 4.75. The van der Waals surface area contributed by atoms with Crippen LogP contribution in [0.4, 0.5) is 0 Å². The molecule has 106 valence electrons. The van der Waals surface area contributed by atoms with Gasteiger partial charge in [-0.3, -0.25) is 4.79 Å². The minimum Gasteiger partial charge on any atom is -0.478 e. The highest BCUT2D eigenvalue weighted by Crippen LogP contribution is 2.19. The zero-order valence-electron chi connectivity index (χ0n) is 12.1. The van der Waals surface area contributed by atoms with Crippen LogP contribution in [0.3, 0.4) is 0 Å². The fraction of sp³-hybridized carbons (Fsp3) is 0.571. The largest absolute Gasteiger partial charge is 0.478 e. The second-order valence-corrected chi connectivity index (χ2v) is 5.01. The zero-order valence-corrected chi connectivity index (χ0v) is 12.1. The summed E-state index contributed by atoms with van der Waals surface area (Å²) < 4.78 is 5.37. The second-order valence-electron chi connectivity index (χ2n) is 5.01. The van der Waals surface area contributed by atoms with Crippen molar-refractivity contribution < 1.29 is 19.1 Å². The number of carbonyl (C=O) groups excluding carboxylic acids is 1. The SMILES string of the molecule is CCc1oc(C(=O)N(C)C(C)C(C)C)cc1C(=O)O. The van der Waals surface area contributed by atoms with Gasteiger partial charge in [-0.15, -0.1) is 0 Å². The maximum atomic E-state index is 12.2. The third kappa shape index (κ3) is 3.16. The number of carboxylic acids is 1. The number of hydrogen-bond donors (Lipinski definition) is 1. The molecular formula is C14H21NO4. The molecule has 0 saturated carbocycles. The van der Waals surface area contributed by atoms with Gasteiger partial charge in [0, 0.05) is 25.6 Å². The summed E-state index contributed by atoms with van der Waals surface area (Å²) in [5, 5.41) is 9.04. The lowest BCUT2D eigenvalue weighted by Gasteiger charge is -2.27. The van der Waals surface area contributed by atoms with Crippen molar-refractivity contribution in [1.82, 2.24) is 4.90 Å². The molecule has 0 aliphatic rings. The first-order valence-electron chi connectivity index (χ1n) is 6.42. The molecule has 0 saturated heterocycles. The number of amides is 1. The standard InChI is InChI=1S/C14H21NO4/c1-6-11-10(14(17)18)7-12(19-11)13(16)15(5)9(4)8(2)3/h7-9H,6H2,1-5H3,(H,17,18). The van der Waals surface area contributed by atoms with Gasteiger partial charge in [-0.25, -0.2) is 4.79 Å². The van der Waals surface area contributed by atoms with Gasteiger partial charge in [0.2, 0.25) is 0 Å². The van der Waals surface area contributed by atoms with Crippen molar-refractivity contribution in [2.24, 2.45) is 5.92 Å². The monoisotopic (exact) mass is 267 g/mol. The van der Waals surface area contributed by atoms with E-state index in [1.807, 2.05) is 20.8 Å². The molecule has 5 nitrogen and oxygen atoms in total. The molecule has 0 radical (unpaired) electrons. The van der Waals surface area contributed by atoms with Crippen molar-refractivity contribution in [2.45, 2.75) is 40.2 Å². The number of carboxylic acid groups (broad SMARTS) is 1. The number of hydrogen-bond acceptors (Lipinski definition) is 3. The predicted octanol–water partition coefficient (Wildman–Crippen LogP) is 2.66. The molecule has 0 aliphatic carbocycles. The molecule has 1 N–H and O–H groups in total. The van der Waals surface area contributed by atoms with Crippen molar-refractivity contribution in [3.05, 3.63) is 23.2 Å². The number of aryl methyl sites for hydroxylation is 1. The van der Waals surface area contributed by atoms with Gasteiger partial charge in [0.05, 0.1) is 0 Å². The van der Waals surface area contributed by atoms with E-state index in [4.69, 9.17) is 9.52 Å². The summed E-state index contributed by atoms with van der Waals surface area (Å²) in [5.74, 6) is -0.623. The van der Waals surface area contributed by atoms with Crippen molar-refractivity contribution in [2.75, 3.05) is 7.05 Å². The van der Waals surface area contributed by atoms with Gasteiger partial charge in [0.1, 0.15) is 11.3 Å². The molecule has 0 bridgehead atoms. The summed E-state index contributed by atoms with van der Waals surface area (Å²) in [6, 6.07) is 1.36. The first kappa shape index (κ1) is 15.3. The molecule has 1 rings (SSSR count). The minimum atomic E-state index is -1.07. The molecule has 1 atom stereocenters. The van der Waals surface area contributed by atoms with E-state index >= 15 is 0 Å². The van der Waals surface area contributed by atoms with Crippen LogP contribution in [0.5, 0.6) is 0 Å². The lowest BCUT2D eigenvalue weighted by Crippen LogP contribution is -2.38. The van der Waals surface area contributed by atoms with E-state index in [2.05, 4.69) is 0 Å². The van der Waals surface area contributed by atoms with Crippen LogP contribution in [-0.2, 0) is 6.42 Å². The Labute approximate surface area is 113 Å². The predicted molar refractivity (Wildman–Crippen MR) is 71.4 cm³/mol.